The number of nitrogens with zero attached hydrogens (tertiary/aromatic N) is 1. The molecule has 1 aromatic heterocycles. The molecule has 0 aliphatic carbocycles. The fourth-order valence-electron chi connectivity index (χ4n) is 1.84. The predicted molar refractivity (Wildman–Crippen MR) is 63.1 cm³/mol. The summed E-state index contributed by atoms with van der Waals surface area (Å²) in [4.78, 5) is 5.56. The molecule has 0 aromatic carbocycles. The Hall–Kier alpha value is -0.340. The minimum absolute atomic E-state index is 0.320. The Morgan fingerprint density at radius 1 is 1.36 bits per heavy atom. The summed E-state index contributed by atoms with van der Waals surface area (Å²) in [6.45, 7) is 9.26. The highest BCUT2D eigenvalue weighted by Gasteiger charge is 2.22. The second-order valence-electron chi connectivity index (χ2n) is 5.30. The Kier molecular flexibility index (Phi) is 2.44. The summed E-state index contributed by atoms with van der Waals surface area (Å²) in [7, 11) is 2.21. The first-order valence-electron chi connectivity index (χ1n) is 5.27. The molecule has 0 saturated heterocycles. The monoisotopic (exact) mass is 209 g/mol. The molecule has 1 aromatic rings. The van der Waals surface area contributed by atoms with Crippen LogP contribution in [0.25, 0.3) is 0 Å². The lowest BCUT2D eigenvalue weighted by Gasteiger charge is -2.21. The van der Waals surface area contributed by atoms with E-state index in [1.54, 1.807) is 10.4 Å². The number of rotatable bonds is 0. The minimum atomic E-state index is 0.320. The van der Waals surface area contributed by atoms with Gasteiger partial charge in [-0.15, -0.1) is 11.3 Å². The Labute approximate surface area is 90.7 Å². The van der Waals surface area contributed by atoms with Crippen LogP contribution in [0.4, 0.5) is 0 Å². The minimum Gasteiger partial charge on any atom is -0.302 e. The van der Waals surface area contributed by atoms with Crippen LogP contribution in [0.5, 0.6) is 0 Å². The summed E-state index contributed by atoms with van der Waals surface area (Å²) < 4.78 is 0. The van der Waals surface area contributed by atoms with Gasteiger partial charge in [0.05, 0.1) is 0 Å². The van der Waals surface area contributed by atoms with Crippen molar-refractivity contribution in [3.8, 4) is 0 Å². The maximum Gasteiger partial charge on any atom is 0.0241 e. The summed E-state index contributed by atoms with van der Waals surface area (Å²) in [5.74, 6) is 0. The summed E-state index contributed by atoms with van der Waals surface area (Å²) in [5.41, 5.74) is 1.88. The van der Waals surface area contributed by atoms with Crippen LogP contribution >= 0.6 is 11.3 Å². The zero-order valence-corrected chi connectivity index (χ0v) is 10.4. The van der Waals surface area contributed by atoms with Crippen LogP contribution in [0.1, 0.15) is 36.1 Å². The first-order chi connectivity index (χ1) is 6.47. The van der Waals surface area contributed by atoms with Crippen molar-refractivity contribution in [2.24, 2.45) is 0 Å². The van der Waals surface area contributed by atoms with Gasteiger partial charge in [0.25, 0.3) is 0 Å². The quantitative estimate of drug-likeness (QED) is 0.635. The highest BCUT2D eigenvalue weighted by molar-refractivity contribution is 7.12. The van der Waals surface area contributed by atoms with Gasteiger partial charge in [-0.2, -0.15) is 0 Å². The van der Waals surface area contributed by atoms with Crippen LogP contribution < -0.4 is 0 Å². The van der Waals surface area contributed by atoms with Crippen LogP contribution in [0, 0.1) is 0 Å². The molecular weight excluding hydrogens is 190 g/mol. The van der Waals surface area contributed by atoms with Crippen LogP contribution in [-0.2, 0) is 18.4 Å². The van der Waals surface area contributed by atoms with E-state index >= 15 is 0 Å². The van der Waals surface area contributed by atoms with Crippen molar-refractivity contribution in [2.75, 3.05) is 13.6 Å². The third-order valence-corrected chi connectivity index (χ3v) is 4.46. The highest BCUT2D eigenvalue weighted by Crippen LogP contribution is 2.34. The van der Waals surface area contributed by atoms with Gasteiger partial charge in [-0.3, -0.25) is 0 Å². The fraction of sp³-hybridized carbons (Fsp3) is 0.667. The van der Waals surface area contributed by atoms with Crippen molar-refractivity contribution in [3.63, 3.8) is 0 Å². The smallest absolute Gasteiger partial charge is 0.0241 e. The van der Waals surface area contributed by atoms with E-state index in [1.165, 1.54) is 17.8 Å². The van der Waals surface area contributed by atoms with Crippen molar-refractivity contribution in [1.29, 1.82) is 0 Å². The average molecular weight is 209 g/mol. The Balaban J connectivity index is 2.32. The standard InChI is InChI=1S/C12H19NS/c1-12(2,3)11-7-9-8-13(4)6-5-10(9)14-11/h7H,5-6,8H2,1-4H3. The molecule has 0 spiro atoms. The van der Waals surface area contributed by atoms with E-state index in [-0.39, 0.29) is 0 Å². The number of hydrogen-bond donors (Lipinski definition) is 0. The van der Waals surface area contributed by atoms with Crippen molar-refractivity contribution in [2.45, 2.75) is 39.2 Å². The van der Waals surface area contributed by atoms with E-state index in [9.17, 15) is 0 Å². The van der Waals surface area contributed by atoms with Crippen LogP contribution in [0.3, 0.4) is 0 Å². The van der Waals surface area contributed by atoms with Crippen molar-refractivity contribution >= 4 is 11.3 Å². The molecule has 0 unspecified atom stereocenters. The largest absolute Gasteiger partial charge is 0.302 e. The normalized spacial score (nSPS) is 18.3. The average Bonchev–Trinajstić information content (AvgIpc) is 2.45. The van der Waals surface area contributed by atoms with E-state index in [4.69, 9.17) is 0 Å². The van der Waals surface area contributed by atoms with Gasteiger partial charge >= 0.3 is 0 Å². The Morgan fingerprint density at radius 2 is 2.07 bits per heavy atom. The molecule has 0 N–H and O–H groups in total. The molecule has 2 heteroatoms. The third-order valence-electron chi connectivity index (χ3n) is 2.80. The number of fused-ring (bicyclic) bond motifs is 1. The second-order valence-corrected chi connectivity index (χ2v) is 6.43. The van der Waals surface area contributed by atoms with Crippen molar-refractivity contribution < 1.29 is 0 Å². The zero-order valence-electron chi connectivity index (χ0n) is 9.55. The molecule has 1 nitrogen and oxygen atoms in total. The number of likely N-dealkylation sites (N-methyl/N-ethyl adjacent to an activating group) is 1. The van der Waals surface area contributed by atoms with E-state index in [0.29, 0.717) is 5.41 Å². The predicted octanol–water partition coefficient (Wildman–Crippen LogP) is 3.03. The number of hydrogen-bond acceptors (Lipinski definition) is 2. The molecule has 1 aliphatic heterocycles. The summed E-state index contributed by atoms with van der Waals surface area (Å²) >= 11 is 2.02. The third kappa shape index (κ3) is 1.86. The lowest BCUT2D eigenvalue weighted by Crippen LogP contribution is -2.25. The van der Waals surface area contributed by atoms with E-state index in [2.05, 4.69) is 38.8 Å². The Morgan fingerprint density at radius 3 is 2.71 bits per heavy atom. The molecule has 0 radical (unpaired) electrons. The van der Waals surface area contributed by atoms with E-state index in [1.807, 2.05) is 11.3 Å². The molecule has 2 heterocycles. The maximum absolute atomic E-state index is 2.41. The van der Waals surface area contributed by atoms with Gasteiger partial charge in [0.2, 0.25) is 0 Å². The van der Waals surface area contributed by atoms with Gasteiger partial charge in [-0.05, 0) is 30.5 Å². The maximum atomic E-state index is 2.41. The van der Waals surface area contributed by atoms with Gasteiger partial charge in [0.1, 0.15) is 0 Å². The van der Waals surface area contributed by atoms with Crippen molar-refractivity contribution in [3.05, 3.63) is 21.4 Å². The van der Waals surface area contributed by atoms with Gasteiger partial charge in [-0.25, -0.2) is 0 Å². The van der Waals surface area contributed by atoms with Gasteiger partial charge in [0, 0.05) is 22.8 Å². The molecule has 0 atom stereocenters. The lowest BCUT2D eigenvalue weighted by molar-refractivity contribution is 0.315. The van der Waals surface area contributed by atoms with Crippen LogP contribution in [-0.4, -0.2) is 18.5 Å². The lowest BCUT2D eigenvalue weighted by atomic mass is 9.94. The zero-order chi connectivity index (χ0) is 10.3. The Bertz CT molecular complexity index is 333. The van der Waals surface area contributed by atoms with E-state index < -0.39 is 0 Å². The van der Waals surface area contributed by atoms with Gasteiger partial charge in [0.15, 0.2) is 0 Å². The van der Waals surface area contributed by atoms with Crippen LogP contribution in [0.2, 0.25) is 0 Å². The van der Waals surface area contributed by atoms with Crippen LogP contribution in [0.15, 0.2) is 6.07 Å². The highest BCUT2D eigenvalue weighted by atomic mass is 32.1. The molecule has 0 amide bonds. The summed E-state index contributed by atoms with van der Waals surface area (Å²) in [6, 6.07) is 2.41. The van der Waals surface area contributed by atoms with Crippen molar-refractivity contribution in [1.82, 2.24) is 4.90 Å². The summed E-state index contributed by atoms with van der Waals surface area (Å²) in [5, 5.41) is 0. The van der Waals surface area contributed by atoms with E-state index in [0.717, 1.165) is 6.54 Å². The molecule has 0 saturated carbocycles. The molecule has 2 rings (SSSR count). The topological polar surface area (TPSA) is 3.24 Å². The molecule has 0 fully saturated rings. The molecule has 0 bridgehead atoms. The molecule has 1 aliphatic rings. The molecular formula is C12H19NS. The number of thiophene rings is 1. The SMILES string of the molecule is CN1CCc2sc(C(C)(C)C)cc2C1. The van der Waals surface area contributed by atoms with Gasteiger partial charge < -0.3 is 4.90 Å². The summed E-state index contributed by atoms with van der Waals surface area (Å²) in [6.07, 6.45) is 1.24. The molecule has 78 valence electrons. The first-order valence-corrected chi connectivity index (χ1v) is 6.09. The first kappa shape index (κ1) is 10.2. The van der Waals surface area contributed by atoms with Gasteiger partial charge in [-0.1, -0.05) is 20.8 Å². The second kappa shape index (κ2) is 3.35. The fourth-order valence-corrected chi connectivity index (χ4v) is 3.06. The molecule has 14 heavy (non-hydrogen) atoms.